The fourth-order valence-electron chi connectivity index (χ4n) is 1.44. The first-order valence-corrected chi connectivity index (χ1v) is 8.04. The zero-order chi connectivity index (χ0) is 11.7. The molecule has 92 valence electrons. The fourth-order valence-corrected chi connectivity index (χ4v) is 4.54. The maximum atomic E-state index is 5.73. The van der Waals surface area contributed by atoms with E-state index in [4.69, 9.17) is 24.9 Å². The predicted octanol–water partition coefficient (Wildman–Crippen LogP) is 2.91. The molecule has 0 fully saturated rings. The Bertz CT molecular complexity index is 150. The van der Waals surface area contributed by atoms with E-state index in [1.54, 1.807) is 0 Å². The second kappa shape index (κ2) is 8.53. The van der Waals surface area contributed by atoms with Gasteiger partial charge in [0.25, 0.3) is 0 Å². The highest BCUT2D eigenvalue weighted by Gasteiger charge is 2.41. The maximum Gasteiger partial charge on any atom is 0.501 e. The summed E-state index contributed by atoms with van der Waals surface area (Å²) in [7, 11) is -2.46. The molecule has 15 heavy (non-hydrogen) atoms. The molecule has 0 saturated carbocycles. The van der Waals surface area contributed by atoms with Gasteiger partial charge in [0.15, 0.2) is 0 Å². The lowest BCUT2D eigenvalue weighted by molar-refractivity contribution is 0.0688. The van der Waals surface area contributed by atoms with E-state index >= 15 is 0 Å². The first kappa shape index (κ1) is 15.4. The van der Waals surface area contributed by atoms with Crippen LogP contribution in [0.3, 0.4) is 0 Å². The van der Waals surface area contributed by atoms with E-state index in [1.807, 2.05) is 13.8 Å². The minimum absolute atomic E-state index is 0.479. The molecule has 0 amide bonds. The smallest absolute Gasteiger partial charge is 0.374 e. The summed E-state index contributed by atoms with van der Waals surface area (Å²) in [5.41, 5.74) is 0. The van der Waals surface area contributed by atoms with E-state index in [9.17, 15) is 0 Å². The average molecular weight is 255 g/mol. The van der Waals surface area contributed by atoms with E-state index in [0.29, 0.717) is 31.6 Å². The lowest BCUT2D eigenvalue weighted by Gasteiger charge is -2.29. The SMILES string of the molecule is CCO[Si](CC(C)C)(OCC)OCCCl. The van der Waals surface area contributed by atoms with Crippen LogP contribution < -0.4 is 0 Å². The van der Waals surface area contributed by atoms with E-state index < -0.39 is 8.80 Å². The third-order valence-corrected chi connectivity index (χ3v) is 5.36. The first-order chi connectivity index (χ1) is 7.10. The van der Waals surface area contributed by atoms with Gasteiger partial charge in [0.05, 0.1) is 6.61 Å². The second-order valence-electron chi connectivity index (χ2n) is 3.68. The highest BCUT2D eigenvalue weighted by Crippen LogP contribution is 2.21. The highest BCUT2D eigenvalue weighted by atomic mass is 35.5. The highest BCUT2D eigenvalue weighted by molar-refractivity contribution is 6.60. The Hall–Kier alpha value is 0.387. The minimum Gasteiger partial charge on any atom is -0.374 e. The van der Waals surface area contributed by atoms with Crippen molar-refractivity contribution >= 4 is 20.4 Å². The summed E-state index contributed by atoms with van der Waals surface area (Å²) in [5, 5.41) is 0. The van der Waals surface area contributed by atoms with Crippen molar-refractivity contribution < 1.29 is 13.3 Å². The minimum atomic E-state index is -2.46. The molecule has 0 atom stereocenters. The van der Waals surface area contributed by atoms with Crippen molar-refractivity contribution in [2.75, 3.05) is 25.7 Å². The molecule has 0 spiro atoms. The molecule has 0 aliphatic heterocycles. The monoisotopic (exact) mass is 254 g/mol. The van der Waals surface area contributed by atoms with Crippen LogP contribution in [0, 0.1) is 5.92 Å². The maximum absolute atomic E-state index is 5.73. The van der Waals surface area contributed by atoms with Gasteiger partial charge in [-0.25, -0.2) is 0 Å². The number of alkyl halides is 1. The van der Waals surface area contributed by atoms with Gasteiger partial charge < -0.3 is 13.3 Å². The van der Waals surface area contributed by atoms with Gasteiger partial charge in [0.1, 0.15) is 0 Å². The van der Waals surface area contributed by atoms with Gasteiger partial charge >= 0.3 is 8.80 Å². The molecule has 0 aliphatic carbocycles. The van der Waals surface area contributed by atoms with E-state index in [1.165, 1.54) is 0 Å². The van der Waals surface area contributed by atoms with Crippen LogP contribution in [-0.4, -0.2) is 34.5 Å². The van der Waals surface area contributed by atoms with Crippen LogP contribution in [0.1, 0.15) is 27.7 Å². The largest absolute Gasteiger partial charge is 0.501 e. The predicted molar refractivity (Wildman–Crippen MR) is 65.3 cm³/mol. The van der Waals surface area contributed by atoms with Gasteiger partial charge in [0.2, 0.25) is 0 Å². The van der Waals surface area contributed by atoms with Crippen molar-refractivity contribution in [1.82, 2.24) is 0 Å². The van der Waals surface area contributed by atoms with Gasteiger partial charge in [-0.3, -0.25) is 0 Å². The molecule has 3 nitrogen and oxygen atoms in total. The van der Waals surface area contributed by atoms with Crippen LogP contribution >= 0.6 is 11.6 Å². The van der Waals surface area contributed by atoms with Crippen LogP contribution in [0.25, 0.3) is 0 Å². The molecule has 0 aromatic carbocycles. The molecular formula is C10H23ClO3Si. The molecule has 0 bridgehead atoms. The third kappa shape index (κ3) is 6.53. The van der Waals surface area contributed by atoms with Crippen LogP contribution in [0.4, 0.5) is 0 Å². The lowest BCUT2D eigenvalue weighted by Crippen LogP contribution is -2.47. The summed E-state index contributed by atoms with van der Waals surface area (Å²) >= 11 is 5.63. The summed E-state index contributed by atoms with van der Waals surface area (Å²) in [4.78, 5) is 0. The van der Waals surface area contributed by atoms with Crippen molar-refractivity contribution in [2.24, 2.45) is 5.92 Å². The van der Waals surface area contributed by atoms with Crippen molar-refractivity contribution in [3.8, 4) is 0 Å². The summed E-state index contributed by atoms with van der Waals surface area (Å²) in [5.74, 6) is 0.984. The van der Waals surface area contributed by atoms with Gasteiger partial charge in [-0.05, 0) is 19.8 Å². The Kier molecular flexibility index (Phi) is 8.75. The van der Waals surface area contributed by atoms with Crippen molar-refractivity contribution in [3.05, 3.63) is 0 Å². The molecule has 0 unspecified atom stereocenters. The molecule has 0 aromatic heterocycles. The molecule has 0 aliphatic rings. The number of hydrogen-bond acceptors (Lipinski definition) is 3. The van der Waals surface area contributed by atoms with E-state index in [0.717, 1.165) is 6.04 Å². The molecular weight excluding hydrogens is 232 g/mol. The Morgan fingerprint density at radius 1 is 1.07 bits per heavy atom. The number of halogens is 1. The Morgan fingerprint density at radius 3 is 1.93 bits per heavy atom. The standard InChI is InChI=1S/C10H23ClO3Si/c1-5-12-15(13-6-2,9-10(3)4)14-8-7-11/h10H,5-9H2,1-4H3. The first-order valence-electron chi connectivity index (χ1n) is 5.58. The zero-order valence-corrected chi connectivity index (χ0v) is 12.0. The van der Waals surface area contributed by atoms with Crippen molar-refractivity contribution in [1.29, 1.82) is 0 Å². The lowest BCUT2D eigenvalue weighted by atomic mass is 10.3. The Balaban J connectivity index is 4.40. The van der Waals surface area contributed by atoms with Crippen LogP contribution in [0.15, 0.2) is 0 Å². The molecule has 0 saturated heterocycles. The second-order valence-corrected chi connectivity index (χ2v) is 6.70. The van der Waals surface area contributed by atoms with Crippen LogP contribution in [0.2, 0.25) is 6.04 Å². The van der Waals surface area contributed by atoms with Gasteiger partial charge in [0, 0.05) is 25.1 Å². The molecule has 0 radical (unpaired) electrons. The normalized spacial score (nSPS) is 12.4. The van der Waals surface area contributed by atoms with Crippen LogP contribution in [-0.2, 0) is 13.3 Å². The van der Waals surface area contributed by atoms with Gasteiger partial charge in [-0.2, -0.15) is 0 Å². The summed E-state index contributed by atoms with van der Waals surface area (Å²) in [6.07, 6.45) is 0. The molecule has 5 heteroatoms. The number of rotatable bonds is 9. The Morgan fingerprint density at radius 2 is 1.60 bits per heavy atom. The van der Waals surface area contributed by atoms with Gasteiger partial charge in [-0.15, -0.1) is 11.6 Å². The summed E-state index contributed by atoms with van der Waals surface area (Å²) < 4.78 is 17.2. The molecule has 0 rings (SSSR count). The summed E-state index contributed by atoms with van der Waals surface area (Å²) in [6, 6.07) is 0.853. The topological polar surface area (TPSA) is 27.7 Å². The quantitative estimate of drug-likeness (QED) is 0.468. The van der Waals surface area contributed by atoms with Gasteiger partial charge in [-0.1, -0.05) is 13.8 Å². The zero-order valence-electron chi connectivity index (χ0n) is 10.2. The summed E-state index contributed by atoms with van der Waals surface area (Å²) in [6.45, 7) is 9.97. The fraction of sp³-hybridized carbons (Fsp3) is 1.00. The Labute approximate surface area is 99.4 Å². The molecule has 0 heterocycles. The van der Waals surface area contributed by atoms with E-state index in [-0.39, 0.29) is 0 Å². The molecule has 0 aromatic rings. The van der Waals surface area contributed by atoms with E-state index in [2.05, 4.69) is 13.8 Å². The third-order valence-electron chi connectivity index (χ3n) is 1.79. The number of hydrogen-bond donors (Lipinski definition) is 0. The van der Waals surface area contributed by atoms with Crippen LogP contribution in [0.5, 0.6) is 0 Å². The van der Waals surface area contributed by atoms with Crippen molar-refractivity contribution in [3.63, 3.8) is 0 Å². The molecule has 0 N–H and O–H groups in total. The average Bonchev–Trinajstić information content (AvgIpc) is 2.14. The van der Waals surface area contributed by atoms with Crippen molar-refractivity contribution in [2.45, 2.75) is 33.7 Å².